The summed E-state index contributed by atoms with van der Waals surface area (Å²) < 4.78 is 10.8. The van der Waals surface area contributed by atoms with Crippen molar-refractivity contribution in [3.63, 3.8) is 0 Å². The highest BCUT2D eigenvalue weighted by molar-refractivity contribution is 5.96. The quantitative estimate of drug-likeness (QED) is 0.855. The Bertz CT molecular complexity index is 867. The number of amides is 2. The van der Waals surface area contributed by atoms with Crippen LogP contribution in [0, 0.1) is 19.8 Å². The summed E-state index contributed by atoms with van der Waals surface area (Å²) in [6.07, 6.45) is 2.01. The summed E-state index contributed by atoms with van der Waals surface area (Å²) in [5.74, 6) is 1.83. The highest BCUT2D eigenvalue weighted by Gasteiger charge is 2.26. The van der Waals surface area contributed by atoms with E-state index < -0.39 is 0 Å². The van der Waals surface area contributed by atoms with Crippen molar-refractivity contribution in [1.82, 2.24) is 15.2 Å². The van der Waals surface area contributed by atoms with Crippen LogP contribution in [0.1, 0.15) is 57.8 Å². The fraction of sp³-hybridized carbons (Fsp3) is 0.476. The number of rotatable bonds is 5. The Balaban J connectivity index is 1.63. The Morgan fingerprint density at radius 2 is 2.00 bits per heavy atom. The lowest BCUT2D eigenvalue weighted by Crippen LogP contribution is -2.38. The lowest BCUT2D eigenvalue weighted by molar-refractivity contribution is 0.0690. The molecule has 3 rings (SSSR count). The monoisotopic (exact) mass is 385 g/mol. The Kier molecular flexibility index (Phi) is 6.02. The molecule has 1 aromatic carbocycles. The number of piperidine rings is 1. The molecule has 7 nitrogen and oxygen atoms in total. The Hall–Kier alpha value is -2.83. The van der Waals surface area contributed by atoms with Crippen molar-refractivity contribution < 1.29 is 18.7 Å². The fourth-order valence-corrected chi connectivity index (χ4v) is 3.36. The van der Waals surface area contributed by atoms with E-state index >= 15 is 0 Å². The minimum Gasteiger partial charge on any atom is -0.497 e. The van der Waals surface area contributed by atoms with Gasteiger partial charge in [0.1, 0.15) is 11.5 Å². The van der Waals surface area contributed by atoms with E-state index in [2.05, 4.69) is 17.2 Å². The first-order valence-corrected chi connectivity index (χ1v) is 9.57. The van der Waals surface area contributed by atoms with E-state index in [1.165, 1.54) is 0 Å². The van der Waals surface area contributed by atoms with E-state index in [4.69, 9.17) is 9.15 Å². The second-order valence-electron chi connectivity index (χ2n) is 7.35. The summed E-state index contributed by atoms with van der Waals surface area (Å²) in [5, 5.41) is 2.80. The molecule has 0 radical (unpaired) electrons. The van der Waals surface area contributed by atoms with Crippen LogP contribution in [0.3, 0.4) is 0 Å². The molecule has 2 aromatic rings. The van der Waals surface area contributed by atoms with Crippen LogP contribution in [-0.2, 0) is 6.54 Å². The predicted molar refractivity (Wildman–Crippen MR) is 104 cm³/mol. The first-order chi connectivity index (χ1) is 13.4. The van der Waals surface area contributed by atoms with Crippen LogP contribution >= 0.6 is 0 Å². The molecule has 2 heterocycles. The minimum absolute atomic E-state index is 0.100. The predicted octanol–water partition coefficient (Wildman–Crippen LogP) is 3.10. The molecule has 28 heavy (non-hydrogen) atoms. The van der Waals surface area contributed by atoms with Gasteiger partial charge in [0.05, 0.1) is 13.7 Å². The summed E-state index contributed by atoms with van der Waals surface area (Å²) >= 11 is 0. The topological polar surface area (TPSA) is 84.7 Å². The molecular formula is C21H27N3O4. The highest BCUT2D eigenvalue weighted by Crippen LogP contribution is 2.20. The van der Waals surface area contributed by atoms with E-state index in [1.54, 1.807) is 32.2 Å². The molecule has 1 fully saturated rings. The third kappa shape index (κ3) is 4.35. The van der Waals surface area contributed by atoms with Crippen LogP contribution in [0.2, 0.25) is 0 Å². The average Bonchev–Trinajstić information content (AvgIpc) is 3.06. The Labute approximate surface area is 165 Å². The maximum absolute atomic E-state index is 12.7. The van der Waals surface area contributed by atoms with Crippen LogP contribution in [0.4, 0.5) is 0 Å². The standard InChI is InChI=1S/C21H27N3O4/c1-13-7-9-24(10-8-13)21(26)19-15(3)28-18(23-19)12-22-20(25)17-6-5-16(27-4)11-14(17)2/h5-6,11,13H,7-10,12H2,1-4H3,(H,22,25). The molecule has 1 N–H and O–H groups in total. The van der Waals surface area contributed by atoms with Gasteiger partial charge < -0.3 is 19.4 Å². The summed E-state index contributed by atoms with van der Waals surface area (Å²) in [7, 11) is 1.59. The molecule has 150 valence electrons. The molecule has 0 saturated carbocycles. The number of hydrogen-bond donors (Lipinski definition) is 1. The number of carbonyl (C=O) groups excluding carboxylic acids is 2. The number of aromatic nitrogens is 1. The van der Waals surface area contributed by atoms with Crippen LogP contribution in [0.5, 0.6) is 5.75 Å². The maximum atomic E-state index is 12.7. The molecule has 1 saturated heterocycles. The van der Waals surface area contributed by atoms with Crippen LogP contribution < -0.4 is 10.1 Å². The van der Waals surface area contributed by atoms with Crippen molar-refractivity contribution in [2.75, 3.05) is 20.2 Å². The van der Waals surface area contributed by atoms with E-state index in [1.807, 2.05) is 11.8 Å². The highest BCUT2D eigenvalue weighted by atomic mass is 16.5. The number of carbonyl (C=O) groups is 2. The maximum Gasteiger partial charge on any atom is 0.276 e. The van der Waals surface area contributed by atoms with Gasteiger partial charge in [0.25, 0.3) is 11.8 Å². The first-order valence-electron chi connectivity index (χ1n) is 9.57. The Morgan fingerprint density at radius 3 is 2.64 bits per heavy atom. The van der Waals surface area contributed by atoms with Crippen molar-refractivity contribution in [2.24, 2.45) is 5.92 Å². The van der Waals surface area contributed by atoms with Gasteiger partial charge in [-0.05, 0) is 56.4 Å². The van der Waals surface area contributed by atoms with Crippen molar-refractivity contribution in [3.8, 4) is 5.75 Å². The van der Waals surface area contributed by atoms with Gasteiger partial charge in [0.2, 0.25) is 5.89 Å². The molecule has 0 atom stereocenters. The first kappa shape index (κ1) is 19.9. The van der Waals surface area contributed by atoms with E-state index in [9.17, 15) is 9.59 Å². The summed E-state index contributed by atoms with van der Waals surface area (Å²) in [6, 6.07) is 5.27. The number of benzene rings is 1. The number of nitrogens with one attached hydrogen (secondary N) is 1. The normalized spacial score (nSPS) is 14.8. The third-order valence-electron chi connectivity index (χ3n) is 5.19. The van der Waals surface area contributed by atoms with Gasteiger partial charge in [-0.2, -0.15) is 0 Å². The largest absolute Gasteiger partial charge is 0.497 e. The van der Waals surface area contributed by atoms with Crippen LogP contribution in [0.15, 0.2) is 22.6 Å². The number of hydrogen-bond acceptors (Lipinski definition) is 5. The van der Waals surface area contributed by atoms with E-state index in [-0.39, 0.29) is 18.4 Å². The molecule has 7 heteroatoms. The zero-order chi connectivity index (χ0) is 20.3. The van der Waals surface area contributed by atoms with Gasteiger partial charge in [-0.15, -0.1) is 0 Å². The summed E-state index contributed by atoms with van der Waals surface area (Å²) in [4.78, 5) is 31.3. The molecule has 0 aliphatic carbocycles. The van der Waals surface area contributed by atoms with Crippen molar-refractivity contribution in [2.45, 2.75) is 40.2 Å². The number of ether oxygens (including phenoxy) is 1. The average molecular weight is 385 g/mol. The van der Waals surface area contributed by atoms with Crippen molar-refractivity contribution in [3.05, 3.63) is 46.7 Å². The lowest BCUT2D eigenvalue weighted by Gasteiger charge is -2.29. The van der Waals surface area contributed by atoms with Crippen LogP contribution in [0.25, 0.3) is 0 Å². The minimum atomic E-state index is -0.228. The van der Waals surface area contributed by atoms with Crippen LogP contribution in [-0.4, -0.2) is 41.9 Å². The summed E-state index contributed by atoms with van der Waals surface area (Å²) in [6.45, 7) is 7.39. The number of oxazole rings is 1. The number of nitrogens with zero attached hydrogens (tertiary/aromatic N) is 2. The van der Waals surface area contributed by atoms with Gasteiger partial charge in [0.15, 0.2) is 5.69 Å². The SMILES string of the molecule is COc1ccc(C(=O)NCc2nc(C(=O)N3CCC(C)CC3)c(C)o2)c(C)c1. The zero-order valence-electron chi connectivity index (χ0n) is 16.9. The lowest BCUT2D eigenvalue weighted by atomic mass is 9.99. The second kappa shape index (κ2) is 8.46. The molecule has 2 amide bonds. The fourth-order valence-electron chi connectivity index (χ4n) is 3.36. The third-order valence-corrected chi connectivity index (χ3v) is 5.19. The van der Waals surface area contributed by atoms with Gasteiger partial charge in [-0.25, -0.2) is 4.98 Å². The zero-order valence-corrected chi connectivity index (χ0v) is 16.9. The van der Waals surface area contributed by atoms with Gasteiger partial charge in [-0.3, -0.25) is 9.59 Å². The molecule has 0 bridgehead atoms. The van der Waals surface area contributed by atoms with Gasteiger partial charge in [-0.1, -0.05) is 6.92 Å². The molecule has 1 aliphatic rings. The van der Waals surface area contributed by atoms with E-state index in [0.29, 0.717) is 34.6 Å². The molecule has 0 spiro atoms. The smallest absolute Gasteiger partial charge is 0.276 e. The molecule has 0 unspecified atom stereocenters. The molecular weight excluding hydrogens is 358 g/mol. The second-order valence-corrected chi connectivity index (χ2v) is 7.35. The molecule has 1 aromatic heterocycles. The van der Waals surface area contributed by atoms with Gasteiger partial charge in [0, 0.05) is 18.7 Å². The van der Waals surface area contributed by atoms with Crippen molar-refractivity contribution >= 4 is 11.8 Å². The number of likely N-dealkylation sites (tertiary alicyclic amines) is 1. The van der Waals surface area contributed by atoms with E-state index in [0.717, 1.165) is 31.5 Å². The molecule has 1 aliphatic heterocycles. The van der Waals surface area contributed by atoms with Gasteiger partial charge >= 0.3 is 0 Å². The van der Waals surface area contributed by atoms with Crippen molar-refractivity contribution in [1.29, 1.82) is 0 Å². The number of aryl methyl sites for hydroxylation is 2. The Morgan fingerprint density at radius 1 is 1.29 bits per heavy atom. The number of methoxy groups -OCH3 is 1. The summed E-state index contributed by atoms with van der Waals surface area (Å²) in [5.41, 5.74) is 1.71.